The van der Waals surface area contributed by atoms with E-state index in [0.717, 1.165) is 6.42 Å². The second-order valence-electron chi connectivity index (χ2n) is 3.57. The Morgan fingerprint density at radius 2 is 2.38 bits per heavy atom. The van der Waals surface area contributed by atoms with Gasteiger partial charge in [-0.3, -0.25) is 4.98 Å². The monoisotopic (exact) mass is 197 g/mol. The lowest BCUT2D eigenvalue weighted by molar-refractivity contribution is 0.156. The Hall–Kier alpha value is -0.600. The highest BCUT2D eigenvalue weighted by Gasteiger charge is 2.26. The lowest BCUT2D eigenvalue weighted by Gasteiger charge is -2.09. The van der Waals surface area contributed by atoms with Crippen LogP contribution in [0.3, 0.4) is 0 Å². The van der Waals surface area contributed by atoms with E-state index in [0.29, 0.717) is 16.6 Å². The molecule has 1 aromatic rings. The molecule has 0 saturated heterocycles. The third kappa shape index (κ3) is 2.20. The van der Waals surface area contributed by atoms with Crippen LogP contribution in [0.2, 0.25) is 5.02 Å². The molecule has 1 atom stereocenters. The van der Waals surface area contributed by atoms with Gasteiger partial charge in [-0.15, -0.1) is 0 Å². The van der Waals surface area contributed by atoms with Crippen molar-refractivity contribution in [3.8, 4) is 0 Å². The van der Waals surface area contributed by atoms with Crippen LogP contribution < -0.4 is 0 Å². The summed E-state index contributed by atoms with van der Waals surface area (Å²) >= 11 is 5.90. The number of hydrogen-bond donors (Lipinski definition) is 1. The number of rotatable bonds is 3. The minimum atomic E-state index is -0.485. The van der Waals surface area contributed by atoms with E-state index in [-0.39, 0.29) is 0 Å². The predicted octanol–water partition coefficient (Wildman–Crippen LogP) is 2.57. The number of nitrogens with zero attached hydrogens (tertiary/aromatic N) is 1. The number of hydrogen-bond acceptors (Lipinski definition) is 2. The first-order valence-corrected chi connectivity index (χ1v) is 4.93. The van der Waals surface area contributed by atoms with Crippen molar-refractivity contribution in [1.82, 2.24) is 4.98 Å². The summed E-state index contributed by atoms with van der Waals surface area (Å²) in [4.78, 5) is 4.08. The second-order valence-corrected chi connectivity index (χ2v) is 3.97. The van der Waals surface area contributed by atoms with Gasteiger partial charge in [-0.2, -0.15) is 0 Å². The molecule has 1 heterocycles. The first kappa shape index (κ1) is 8.97. The summed E-state index contributed by atoms with van der Waals surface area (Å²) in [5, 5.41) is 10.3. The summed E-state index contributed by atoms with van der Waals surface area (Å²) in [6, 6.07) is 3.54. The first-order chi connectivity index (χ1) is 6.27. The third-order valence-electron chi connectivity index (χ3n) is 2.36. The Labute approximate surface area is 82.6 Å². The molecule has 0 radical (unpaired) electrons. The summed E-state index contributed by atoms with van der Waals surface area (Å²) in [7, 11) is 0. The third-order valence-corrected chi connectivity index (χ3v) is 2.68. The highest BCUT2D eigenvalue weighted by molar-refractivity contribution is 6.31. The summed E-state index contributed by atoms with van der Waals surface area (Å²) in [5.74, 6) is 0.688. The van der Waals surface area contributed by atoms with Crippen molar-refractivity contribution in [2.75, 3.05) is 0 Å². The van der Waals surface area contributed by atoms with Gasteiger partial charge in [0.15, 0.2) is 0 Å². The van der Waals surface area contributed by atoms with Gasteiger partial charge in [0.25, 0.3) is 0 Å². The molecular weight excluding hydrogens is 186 g/mol. The maximum absolute atomic E-state index is 9.76. The van der Waals surface area contributed by atoms with Crippen molar-refractivity contribution >= 4 is 11.6 Å². The van der Waals surface area contributed by atoms with Gasteiger partial charge in [-0.1, -0.05) is 24.4 Å². The standard InChI is InChI=1S/C10H12ClNO/c11-8-2-1-5-12-10(8)9(13)6-7-3-4-7/h1-2,5,7,9,13H,3-4,6H2. The molecule has 0 spiro atoms. The fraction of sp³-hybridized carbons (Fsp3) is 0.500. The SMILES string of the molecule is OC(CC1CC1)c1ncccc1Cl. The Bertz CT molecular complexity index is 299. The Morgan fingerprint density at radius 1 is 1.62 bits per heavy atom. The molecule has 3 heteroatoms. The second kappa shape index (κ2) is 3.64. The maximum atomic E-state index is 9.76. The van der Waals surface area contributed by atoms with Crippen molar-refractivity contribution in [1.29, 1.82) is 0 Å². The Morgan fingerprint density at radius 3 is 3.00 bits per heavy atom. The minimum Gasteiger partial charge on any atom is -0.387 e. The molecule has 1 fully saturated rings. The molecule has 1 unspecified atom stereocenters. The maximum Gasteiger partial charge on any atom is 0.0977 e. The minimum absolute atomic E-state index is 0.485. The van der Waals surface area contributed by atoms with Crippen LogP contribution in [0, 0.1) is 5.92 Å². The van der Waals surface area contributed by atoms with Crippen molar-refractivity contribution in [2.45, 2.75) is 25.4 Å². The Kier molecular flexibility index (Phi) is 2.51. The van der Waals surface area contributed by atoms with E-state index in [1.807, 2.05) is 0 Å². The molecule has 0 bridgehead atoms. The Balaban J connectivity index is 2.09. The zero-order valence-electron chi connectivity index (χ0n) is 7.28. The summed E-state index contributed by atoms with van der Waals surface area (Å²) in [6.07, 6.45) is 4.46. The highest BCUT2D eigenvalue weighted by Crippen LogP contribution is 2.38. The van der Waals surface area contributed by atoms with E-state index in [1.54, 1.807) is 18.3 Å². The highest BCUT2D eigenvalue weighted by atomic mass is 35.5. The quantitative estimate of drug-likeness (QED) is 0.808. The summed E-state index contributed by atoms with van der Waals surface area (Å²) in [5.41, 5.74) is 0.621. The topological polar surface area (TPSA) is 33.1 Å². The molecule has 2 nitrogen and oxygen atoms in total. The van der Waals surface area contributed by atoms with Gasteiger partial charge in [0, 0.05) is 6.20 Å². The van der Waals surface area contributed by atoms with Crippen LogP contribution in [0.1, 0.15) is 31.1 Å². The molecule has 13 heavy (non-hydrogen) atoms. The lowest BCUT2D eigenvalue weighted by Crippen LogP contribution is -2.01. The lowest BCUT2D eigenvalue weighted by atomic mass is 10.1. The molecule has 1 saturated carbocycles. The van der Waals surface area contributed by atoms with Crippen LogP contribution in [0.4, 0.5) is 0 Å². The normalized spacial score (nSPS) is 18.6. The molecule has 70 valence electrons. The number of halogens is 1. The molecule has 1 aliphatic carbocycles. The first-order valence-electron chi connectivity index (χ1n) is 4.56. The van der Waals surface area contributed by atoms with E-state index < -0.39 is 6.10 Å². The van der Waals surface area contributed by atoms with Gasteiger partial charge in [0.05, 0.1) is 16.8 Å². The molecule has 2 rings (SSSR count). The molecule has 0 amide bonds. The van der Waals surface area contributed by atoms with Crippen molar-refractivity contribution in [2.24, 2.45) is 5.92 Å². The number of pyridine rings is 1. The van der Waals surface area contributed by atoms with Gasteiger partial charge >= 0.3 is 0 Å². The zero-order valence-corrected chi connectivity index (χ0v) is 8.04. The average molecular weight is 198 g/mol. The van der Waals surface area contributed by atoms with Crippen LogP contribution in [0.25, 0.3) is 0 Å². The van der Waals surface area contributed by atoms with Crippen LogP contribution in [0.15, 0.2) is 18.3 Å². The molecule has 1 N–H and O–H groups in total. The van der Waals surface area contributed by atoms with Crippen LogP contribution in [-0.4, -0.2) is 10.1 Å². The van der Waals surface area contributed by atoms with Crippen molar-refractivity contribution < 1.29 is 5.11 Å². The molecule has 1 aromatic heterocycles. The zero-order chi connectivity index (χ0) is 9.26. The van der Waals surface area contributed by atoms with Crippen LogP contribution in [-0.2, 0) is 0 Å². The van der Waals surface area contributed by atoms with E-state index >= 15 is 0 Å². The largest absolute Gasteiger partial charge is 0.387 e. The van der Waals surface area contributed by atoms with Gasteiger partial charge in [-0.25, -0.2) is 0 Å². The molecular formula is C10H12ClNO. The molecule has 1 aliphatic rings. The van der Waals surface area contributed by atoms with Gasteiger partial charge in [0.1, 0.15) is 0 Å². The number of aliphatic hydroxyl groups excluding tert-OH is 1. The van der Waals surface area contributed by atoms with Crippen molar-refractivity contribution in [3.63, 3.8) is 0 Å². The predicted molar refractivity (Wildman–Crippen MR) is 51.5 cm³/mol. The number of aliphatic hydroxyl groups is 1. The summed E-state index contributed by atoms with van der Waals surface area (Å²) in [6.45, 7) is 0. The fourth-order valence-electron chi connectivity index (χ4n) is 1.42. The number of aromatic nitrogens is 1. The van der Waals surface area contributed by atoms with Crippen LogP contribution >= 0.6 is 11.6 Å². The molecule has 0 aromatic carbocycles. The van der Waals surface area contributed by atoms with E-state index in [2.05, 4.69) is 4.98 Å². The molecule has 0 aliphatic heterocycles. The fourth-order valence-corrected chi connectivity index (χ4v) is 1.67. The van der Waals surface area contributed by atoms with Gasteiger partial charge in [-0.05, 0) is 24.5 Å². The van der Waals surface area contributed by atoms with E-state index in [1.165, 1.54) is 12.8 Å². The van der Waals surface area contributed by atoms with Crippen molar-refractivity contribution in [3.05, 3.63) is 29.0 Å². The van der Waals surface area contributed by atoms with Gasteiger partial charge < -0.3 is 5.11 Å². The van der Waals surface area contributed by atoms with Gasteiger partial charge in [0.2, 0.25) is 0 Å². The van der Waals surface area contributed by atoms with Crippen LogP contribution in [0.5, 0.6) is 0 Å². The smallest absolute Gasteiger partial charge is 0.0977 e. The average Bonchev–Trinajstić information content (AvgIpc) is 2.89. The van der Waals surface area contributed by atoms with E-state index in [4.69, 9.17) is 11.6 Å². The van der Waals surface area contributed by atoms with E-state index in [9.17, 15) is 5.11 Å². The summed E-state index contributed by atoms with van der Waals surface area (Å²) < 4.78 is 0.